The Hall–Kier alpha value is -3.20. The number of amidine groups is 1. The standard InChI is InChI=1S/C22H25N3O5S/c1-15(17-9-4-3-5-10-17)24-22(27)16(2)30-20(26)13-8-14-23-21-18-11-6-7-12-19(18)31(28,29)25-21/h3-7,9-12,15-16H,8,13-14H2,1-2H3,(H,23,25)(H,24,27)/t15-,16-/m0/s1. The van der Waals surface area contributed by atoms with Crippen molar-refractivity contribution in [3.63, 3.8) is 0 Å². The molecule has 164 valence electrons. The van der Waals surface area contributed by atoms with Crippen molar-refractivity contribution in [1.82, 2.24) is 10.0 Å². The molecule has 1 aliphatic heterocycles. The molecule has 0 fully saturated rings. The van der Waals surface area contributed by atoms with Gasteiger partial charge >= 0.3 is 5.97 Å². The number of carbonyl (C=O) groups is 2. The van der Waals surface area contributed by atoms with Gasteiger partial charge in [0.25, 0.3) is 15.9 Å². The van der Waals surface area contributed by atoms with Gasteiger partial charge in [0.15, 0.2) is 6.10 Å². The molecule has 0 spiro atoms. The van der Waals surface area contributed by atoms with Gasteiger partial charge in [0, 0.05) is 18.5 Å². The zero-order valence-corrected chi connectivity index (χ0v) is 18.2. The normalized spacial score (nSPS) is 17.3. The highest BCUT2D eigenvalue weighted by molar-refractivity contribution is 7.90. The predicted molar refractivity (Wildman–Crippen MR) is 116 cm³/mol. The first-order chi connectivity index (χ1) is 14.8. The Bertz CT molecular complexity index is 1080. The molecule has 1 amide bonds. The second-order valence-corrected chi connectivity index (χ2v) is 8.86. The highest BCUT2D eigenvalue weighted by atomic mass is 32.2. The van der Waals surface area contributed by atoms with E-state index in [0.717, 1.165) is 5.56 Å². The molecule has 1 heterocycles. The highest BCUT2D eigenvalue weighted by Crippen LogP contribution is 2.22. The molecule has 2 aromatic carbocycles. The Morgan fingerprint density at radius 1 is 1.06 bits per heavy atom. The number of esters is 1. The maximum atomic E-state index is 12.3. The molecular formula is C22H25N3O5S. The third kappa shape index (κ3) is 5.69. The minimum atomic E-state index is -3.58. The van der Waals surface area contributed by atoms with Gasteiger partial charge in [0.2, 0.25) is 0 Å². The first-order valence-corrected chi connectivity index (χ1v) is 11.5. The molecule has 0 radical (unpaired) electrons. The summed E-state index contributed by atoms with van der Waals surface area (Å²) in [4.78, 5) is 28.8. The summed E-state index contributed by atoms with van der Waals surface area (Å²) in [7, 11) is -3.58. The number of carbonyl (C=O) groups excluding carboxylic acids is 2. The Morgan fingerprint density at radius 2 is 1.74 bits per heavy atom. The number of benzene rings is 2. The van der Waals surface area contributed by atoms with Gasteiger partial charge < -0.3 is 10.1 Å². The first-order valence-electron chi connectivity index (χ1n) is 9.99. The number of nitrogens with zero attached hydrogens (tertiary/aromatic N) is 1. The molecule has 9 heteroatoms. The van der Waals surface area contributed by atoms with Gasteiger partial charge in [-0.1, -0.05) is 42.5 Å². The van der Waals surface area contributed by atoms with Crippen LogP contribution in [0.4, 0.5) is 0 Å². The predicted octanol–water partition coefficient (Wildman–Crippen LogP) is 2.31. The number of hydrogen-bond acceptors (Lipinski definition) is 6. The summed E-state index contributed by atoms with van der Waals surface area (Å²) in [6, 6.07) is 15.9. The second kappa shape index (κ2) is 9.74. The third-order valence-electron chi connectivity index (χ3n) is 4.81. The van der Waals surface area contributed by atoms with Crippen LogP contribution in [0.15, 0.2) is 64.5 Å². The molecule has 0 aromatic heterocycles. The maximum absolute atomic E-state index is 12.3. The summed E-state index contributed by atoms with van der Waals surface area (Å²) >= 11 is 0. The Morgan fingerprint density at radius 3 is 2.48 bits per heavy atom. The summed E-state index contributed by atoms with van der Waals surface area (Å²) in [6.45, 7) is 3.62. The molecule has 2 N–H and O–H groups in total. The van der Waals surface area contributed by atoms with Crippen molar-refractivity contribution in [1.29, 1.82) is 0 Å². The topological polar surface area (TPSA) is 114 Å². The lowest BCUT2D eigenvalue weighted by atomic mass is 10.1. The summed E-state index contributed by atoms with van der Waals surface area (Å²) in [5.74, 6) is -0.615. The van der Waals surface area contributed by atoms with Crippen LogP contribution in [-0.2, 0) is 24.3 Å². The van der Waals surface area contributed by atoms with Gasteiger partial charge in [-0.15, -0.1) is 0 Å². The zero-order valence-electron chi connectivity index (χ0n) is 17.4. The number of sulfonamides is 1. The van der Waals surface area contributed by atoms with Crippen molar-refractivity contribution in [2.24, 2.45) is 4.99 Å². The van der Waals surface area contributed by atoms with E-state index in [-0.39, 0.29) is 35.6 Å². The van der Waals surface area contributed by atoms with E-state index in [9.17, 15) is 18.0 Å². The lowest BCUT2D eigenvalue weighted by Gasteiger charge is -2.18. The van der Waals surface area contributed by atoms with Gasteiger partial charge in [-0.2, -0.15) is 0 Å². The van der Waals surface area contributed by atoms with Gasteiger partial charge in [-0.05, 0) is 38.0 Å². The summed E-state index contributed by atoms with van der Waals surface area (Å²) < 4.78 is 31.7. The lowest BCUT2D eigenvalue weighted by Crippen LogP contribution is -2.37. The van der Waals surface area contributed by atoms with Gasteiger partial charge in [-0.25, -0.2) is 8.42 Å². The van der Waals surface area contributed by atoms with Crippen LogP contribution < -0.4 is 10.0 Å². The van der Waals surface area contributed by atoms with E-state index < -0.39 is 22.1 Å². The van der Waals surface area contributed by atoms with Crippen LogP contribution in [0.5, 0.6) is 0 Å². The fourth-order valence-corrected chi connectivity index (χ4v) is 4.38. The molecular weight excluding hydrogens is 418 g/mol. The van der Waals surface area contributed by atoms with Gasteiger partial charge in [0.1, 0.15) is 5.84 Å². The largest absolute Gasteiger partial charge is 0.453 e. The zero-order chi connectivity index (χ0) is 22.4. The third-order valence-corrected chi connectivity index (χ3v) is 6.20. The summed E-state index contributed by atoms with van der Waals surface area (Å²) in [5, 5.41) is 2.82. The molecule has 1 aliphatic rings. The van der Waals surface area contributed by atoms with E-state index >= 15 is 0 Å². The first kappa shape index (κ1) is 22.5. The second-order valence-electron chi connectivity index (χ2n) is 7.21. The minimum Gasteiger partial charge on any atom is -0.453 e. The van der Waals surface area contributed by atoms with E-state index in [0.29, 0.717) is 12.0 Å². The molecule has 2 atom stereocenters. The lowest BCUT2D eigenvalue weighted by molar-refractivity contribution is -0.155. The SMILES string of the molecule is C[C@H](OC(=O)CCCN=C1NS(=O)(=O)c2ccccc21)C(=O)N[C@@H](C)c1ccccc1. The van der Waals surface area contributed by atoms with Crippen molar-refractivity contribution in [3.8, 4) is 0 Å². The molecule has 0 saturated carbocycles. The number of aliphatic imine (C=N–C) groups is 1. The quantitative estimate of drug-likeness (QED) is 0.480. The van der Waals surface area contributed by atoms with Crippen LogP contribution in [0.1, 0.15) is 43.9 Å². The molecule has 0 saturated heterocycles. The van der Waals surface area contributed by atoms with E-state index in [1.807, 2.05) is 37.3 Å². The van der Waals surface area contributed by atoms with Crippen LogP contribution in [-0.4, -0.2) is 38.8 Å². The van der Waals surface area contributed by atoms with Crippen molar-refractivity contribution < 1.29 is 22.7 Å². The van der Waals surface area contributed by atoms with Gasteiger partial charge in [0.05, 0.1) is 10.9 Å². The maximum Gasteiger partial charge on any atom is 0.306 e. The smallest absolute Gasteiger partial charge is 0.306 e. The molecule has 0 aliphatic carbocycles. The number of ether oxygens (including phenoxy) is 1. The van der Waals surface area contributed by atoms with Crippen LogP contribution >= 0.6 is 0 Å². The number of hydrogen-bond donors (Lipinski definition) is 2. The van der Waals surface area contributed by atoms with Crippen molar-refractivity contribution >= 4 is 27.7 Å². The van der Waals surface area contributed by atoms with Crippen LogP contribution in [0.25, 0.3) is 0 Å². The molecule has 31 heavy (non-hydrogen) atoms. The van der Waals surface area contributed by atoms with Crippen LogP contribution in [0.3, 0.4) is 0 Å². The summed E-state index contributed by atoms with van der Waals surface area (Å²) in [6.07, 6.45) is -0.489. The van der Waals surface area contributed by atoms with Crippen molar-refractivity contribution in [2.45, 2.75) is 43.7 Å². The van der Waals surface area contributed by atoms with Crippen LogP contribution in [0, 0.1) is 0 Å². The Kier molecular flexibility index (Phi) is 7.06. The Balaban J connectivity index is 1.44. The monoisotopic (exact) mass is 443 g/mol. The van der Waals surface area contributed by atoms with Crippen molar-refractivity contribution in [2.75, 3.05) is 6.54 Å². The van der Waals surface area contributed by atoms with E-state index in [1.165, 1.54) is 13.0 Å². The molecule has 0 bridgehead atoms. The van der Waals surface area contributed by atoms with E-state index in [4.69, 9.17) is 4.74 Å². The molecule has 3 rings (SSSR count). The van der Waals surface area contributed by atoms with Crippen molar-refractivity contribution in [3.05, 3.63) is 65.7 Å². The van der Waals surface area contributed by atoms with E-state index in [2.05, 4.69) is 15.0 Å². The van der Waals surface area contributed by atoms with Crippen LogP contribution in [0.2, 0.25) is 0 Å². The molecule has 0 unspecified atom stereocenters. The average Bonchev–Trinajstić information content (AvgIpc) is 3.02. The minimum absolute atomic E-state index is 0.0665. The van der Waals surface area contributed by atoms with E-state index in [1.54, 1.807) is 18.2 Å². The summed E-state index contributed by atoms with van der Waals surface area (Å²) in [5.41, 5.74) is 1.47. The number of amides is 1. The van der Waals surface area contributed by atoms with Gasteiger partial charge in [-0.3, -0.25) is 19.3 Å². The highest BCUT2D eigenvalue weighted by Gasteiger charge is 2.30. The number of fused-ring (bicyclic) bond motifs is 1. The fraction of sp³-hybridized carbons (Fsp3) is 0.318. The average molecular weight is 444 g/mol. The molecule has 2 aromatic rings. The fourth-order valence-electron chi connectivity index (χ4n) is 3.13. The Labute approximate surface area is 181 Å². The number of rotatable bonds is 8. The molecule has 8 nitrogen and oxygen atoms in total. The number of nitrogens with one attached hydrogen (secondary N) is 2.